The van der Waals surface area contributed by atoms with Gasteiger partial charge in [0.05, 0.1) is 0 Å². The Labute approximate surface area is 77.5 Å². The Morgan fingerprint density at radius 1 is 1.38 bits per heavy atom. The van der Waals surface area contributed by atoms with Gasteiger partial charge in [-0.05, 0) is 33.2 Å². The lowest BCUT2D eigenvalue weighted by atomic mass is 9.92. The molecule has 1 unspecified atom stereocenters. The Morgan fingerprint density at radius 2 is 2.00 bits per heavy atom. The lowest BCUT2D eigenvalue weighted by Gasteiger charge is -2.40. The first kappa shape index (κ1) is 10.9. The van der Waals surface area contributed by atoms with Gasteiger partial charge in [0.15, 0.2) is 0 Å². The predicted molar refractivity (Wildman–Crippen MR) is 46.9 cm³/mol. The van der Waals surface area contributed by atoms with Crippen molar-refractivity contribution in [2.24, 2.45) is 0 Å². The maximum Gasteiger partial charge on any atom is 0.268 e. The average molecular weight is 193 g/mol. The zero-order valence-corrected chi connectivity index (χ0v) is 8.13. The molecule has 1 fully saturated rings. The van der Waals surface area contributed by atoms with Crippen molar-refractivity contribution < 1.29 is 13.9 Å². The molecule has 2 nitrogen and oxygen atoms in total. The number of rotatable bonds is 2. The summed E-state index contributed by atoms with van der Waals surface area (Å²) < 4.78 is 24.9. The van der Waals surface area contributed by atoms with E-state index in [1.807, 2.05) is 18.7 Å². The summed E-state index contributed by atoms with van der Waals surface area (Å²) in [4.78, 5) is 1.90. The summed E-state index contributed by atoms with van der Waals surface area (Å²) >= 11 is 0. The van der Waals surface area contributed by atoms with Crippen LogP contribution in [0.5, 0.6) is 0 Å². The van der Waals surface area contributed by atoms with Gasteiger partial charge in [-0.25, -0.2) is 8.78 Å². The molecule has 1 aliphatic rings. The second kappa shape index (κ2) is 3.88. The van der Waals surface area contributed by atoms with Crippen LogP contribution in [0, 0.1) is 0 Å². The summed E-state index contributed by atoms with van der Waals surface area (Å²) in [6.45, 7) is 4.82. The van der Waals surface area contributed by atoms with Crippen molar-refractivity contribution in [2.45, 2.75) is 44.8 Å². The quantitative estimate of drug-likeness (QED) is 0.718. The molecule has 0 aromatic carbocycles. The maximum atomic E-state index is 12.5. The normalized spacial score (nSPS) is 31.6. The van der Waals surface area contributed by atoms with E-state index in [9.17, 15) is 13.9 Å². The van der Waals surface area contributed by atoms with E-state index in [0.717, 1.165) is 6.54 Å². The highest BCUT2D eigenvalue weighted by Crippen LogP contribution is 2.28. The van der Waals surface area contributed by atoms with Crippen molar-refractivity contribution >= 4 is 0 Å². The second-order valence-corrected chi connectivity index (χ2v) is 4.07. The van der Waals surface area contributed by atoms with Gasteiger partial charge in [-0.3, -0.25) is 4.90 Å². The molecular formula is C9H17F2NO. The molecule has 1 aliphatic heterocycles. The number of likely N-dealkylation sites (tertiary alicyclic amines) is 1. The lowest BCUT2D eigenvalue weighted by Crippen LogP contribution is -2.54. The van der Waals surface area contributed by atoms with Crippen molar-refractivity contribution in [1.29, 1.82) is 0 Å². The van der Waals surface area contributed by atoms with E-state index in [-0.39, 0.29) is 19.0 Å². The molecule has 1 saturated heterocycles. The average Bonchev–Trinajstić information content (AvgIpc) is 2.04. The van der Waals surface area contributed by atoms with Gasteiger partial charge in [-0.1, -0.05) is 0 Å². The third-order valence-electron chi connectivity index (χ3n) is 2.67. The number of alkyl halides is 2. The van der Waals surface area contributed by atoms with E-state index in [1.54, 1.807) is 0 Å². The molecule has 1 rings (SSSR count). The first-order valence-electron chi connectivity index (χ1n) is 4.70. The van der Waals surface area contributed by atoms with Gasteiger partial charge >= 0.3 is 0 Å². The summed E-state index contributed by atoms with van der Waals surface area (Å²) in [5, 5.41) is 9.58. The SMILES string of the molecule is CC(C)N1CCCC(O)(C(F)F)C1. The van der Waals surface area contributed by atoms with Gasteiger partial charge in [0, 0.05) is 12.6 Å². The third-order valence-corrected chi connectivity index (χ3v) is 2.67. The monoisotopic (exact) mass is 193 g/mol. The predicted octanol–water partition coefficient (Wildman–Crippen LogP) is 1.49. The van der Waals surface area contributed by atoms with Gasteiger partial charge in [0.2, 0.25) is 0 Å². The van der Waals surface area contributed by atoms with E-state index >= 15 is 0 Å². The van der Waals surface area contributed by atoms with Crippen molar-refractivity contribution in [2.75, 3.05) is 13.1 Å². The van der Waals surface area contributed by atoms with Gasteiger partial charge in [-0.2, -0.15) is 0 Å². The zero-order valence-electron chi connectivity index (χ0n) is 8.13. The number of aliphatic hydroxyl groups is 1. The van der Waals surface area contributed by atoms with Crippen molar-refractivity contribution in [3.8, 4) is 0 Å². The van der Waals surface area contributed by atoms with E-state index < -0.39 is 12.0 Å². The molecule has 0 amide bonds. The fourth-order valence-corrected chi connectivity index (χ4v) is 1.72. The minimum Gasteiger partial charge on any atom is -0.383 e. The molecule has 0 aromatic rings. The largest absolute Gasteiger partial charge is 0.383 e. The van der Waals surface area contributed by atoms with E-state index in [0.29, 0.717) is 6.42 Å². The highest BCUT2D eigenvalue weighted by atomic mass is 19.3. The molecule has 1 atom stereocenters. The summed E-state index contributed by atoms with van der Waals surface area (Å²) in [6.07, 6.45) is -1.76. The van der Waals surface area contributed by atoms with Crippen LogP contribution in [0.1, 0.15) is 26.7 Å². The molecule has 0 aromatic heterocycles. The summed E-state index contributed by atoms with van der Waals surface area (Å²) in [7, 11) is 0. The summed E-state index contributed by atoms with van der Waals surface area (Å²) in [5.74, 6) is 0. The van der Waals surface area contributed by atoms with Crippen LogP contribution in [-0.4, -0.2) is 41.2 Å². The maximum absolute atomic E-state index is 12.5. The van der Waals surface area contributed by atoms with Crippen molar-refractivity contribution in [1.82, 2.24) is 4.90 Å². The molecule has 13 heavy (non-hydrogen) atoms. The van der Waals surface area contributed by atoms with Crippen LogP contribution in [0.15, 0.2) is 0 Å². The number of β-amino-alcohol motifs (C(OH)–C–C–N with tert-alkyl or cyclic N) is 1. The van der Waals surface area contributed by atoms with Crippen LogP contribution in [0.4, 0.5) is 8.78 Å². The van der Waals surface area contributed by atoms with Gasteiger partial charge in [-0.15, -0.1) is 0 Å². The number of piperidine rings is 1. The molecule has 1 heterocycles. The molecular weight excluding hydrogens is 176 g/mol. The van der Waals surface area contributed by atoms with Gasteiger partial charge < -0.3 is 5.11 Å². The van der Waals surface area contributed by atoms with Crippen LogP contribution in [0.2, 0.25) is 0 Å². The Hall–Kier alpha value is -0.220. The van der Waals surface area contributed by atoms with Crippen molar-refractivity contribution in [3.05, 3.63) is 0 Å². The molecule has 1 N–H and O–H groups in total. The number of nitrogens with zero attached hydrogens (tertiary/aromatic N) is 1. The lowest BCUT2D eigenvalue weighted by molar-refractivity contribution is -0.135. The number of hydrogen-bond donors (Lipinski definition) is 1. The van der Waals surface area contributed by atoms with Crippen molar-refractivity contribution in [3.63, 3.8) is 0 Å². The first-order valence-corrected chi connectivity index (χ1v) is 4.70. The first-order chi connectivity index (χ1) is 5.96. The summed E-state index contributed by atoms with van der Waals surface area (Å²) in [6, 6.07) is 0.227. The van der Waals surface area contributed by atoms with Crippen LogP contribution in [0.3, 0.4) is 0 Å². The highest BCUT2D eigenvalue weighted by Gasteiger charge is 2.41. The zero-order chi connectivity index (χ0) is 10.1. The van der Waals surface area contributed by atoms with Crippen LogP contribution >= 0.6 is 0 Å². The molecule has 0 bridgehead atoms. The van der Waals surface area contributed by atoms with E-state index in [1.165, 1.54) is 0 Å². The highest BCUT2D eigenvalue weighted by molar-refractivity contribution is 4.90. The molecule has 78 valence electrons. The minimum atomic E-state index is -2.63. The standard InChI is InChI=1S/C9H17F2NO/c1-7(2)12-5-3-4-9(13,6-12)8(10)11/h7-8,13H,3-6H2,1-2H3. The molecule has 0 radical (unpaired) electrons. The molecule has 0 spiro atoms. The Balaban J connectivity index is 2.60. The van der Waals surface area contributed by atoms with Crippen LogP contribution in [0.25, 0.3) is 0 Å². The fraction of sp³-hybridized carbons (Fsp3) is 1.00. The van der Waals surface area contributed by atoms with Gasteiger partial charge in [0.1, 0.15) is 5.60 Å². The molecule has 4 heteroatoms. The number of halogens is 2. The Morgan fingerprint density at radius 3 is 2.46 bits per heavy atom. The van der Waals surface area contributed by atoms with Gasteiger partial charge in [0.25, 0.3) is 6.43 Å². The third kappa shape index (κ3) is 2.38. The smallest absolute Gasteiger partial charge is 0.268 e. The Kier molecular flexibility index (Phi) is 3.24. The minimum absolute atomic E-state index is 0.0995. The second-order valence-electron chi connectivity index (χ2n) is 4.07. The molecule has 0 saturated carbocycles. The Bertz CT molecular complexity index is 175. The number of hydrogen-bond acceptors (Lipinski definition) is 2. The van der Waals surface area contributed by atoms with Crippen LogP contribution < -0.4 is 0 Å². The van der Waals surface area contributed by atoms with E-state index in [2.05, 4.69) is 0 Å². The molecule has 0 aliphatic carbocycles. The van der Waals surface area contributed by atoms with E-state index in [4.69, 9.17) is 0 Å². The fourth-order valence-electron chi connectivity index (χ4n) is 1.72. The summed E-state index contributed by atoms with van der Waals surface area (Å²) in [5.41, 5.74) is -1.78. The topological polar surface area (TPSA) is 23.5 Å². The van der Waals surface area contributed by atoms with Crippen LogP contribution in [-0.2, 0) is 0 Å².